The van der Waals surface area contributed by atoms with E-state index in [4.69, 9.17) is 21.8 Å². The predicted molar refractivity (Wildman–Crippen MR) is 86.2 cm³/mol. The van der Waals surface area contributed by atoms with Gasteiger partial charge in [0.15, 0.2) is 0 Å². The van der Waals surface area contributed by atoms with Gasteiger partial charge in [-0.2, -0.15) is 0 Å². The van der Waals surface area contributed by atoms with Crippen molar-refractivity contribution in [1.82, 2.24) is 0 Å². The zero-order valence-electron chi connectivity index (χ0n) is 12.4. The average Bonchev–Trinajstić information content (AvgIpc) is 2.33. The molecule has 0 aliphatic carbocycles. The molecule has 0 spiro atoms. The highest BCUT2D eigenvalue weighted by Crippen LogP contribution is 2.29. The lowest BCUT2D eigenvalue weighted by atomic mass is 10.1. The SMILES string of the molecule is C/C(O)=C/C(=O)Nc1cc(C)c(NC(=O)/C=C(\C)O)cc1Cl. The molecule has 0 atom stereocenters. The molecule has 7 heteroatoms. The number of hydrogen-bond donors (Lipinski definition) is 4. The average molecular weight is 325 g/mol. The molecule has 1 aromatic rings. The minimum atomic E-state index is -0.517. The van der Waals surface area contributed by atoms with Gasteiger partial charge in [0.2, 0.25) is 0 Å². The van der Waals surface area contributed by atoms with Gasteiger partial charge in [-0.15, -0.1) is 0 Å². The van der Waals surface area contributed by atoms with Gasteiger partial charge < -0.3 is 20.8 Å². The highest BCUT2D eigenvalue weighted by atomic mass is 35.5. The van der Waals surface area contributed by atoms with E-state index in [0.29, 0.717) is 16.9 Å². The van der Waals surface area contributed by atoms with Crippen molar-refractivity contribution < 1.29 is 19.8 Å². The van der Waals surface area contributed by atoms with Crippen molar-refractivity contribution in [2.24, 2.45) is 0 Å². The summed E-state index contributed by atoms with van der Waals surface area (Å²) in [5.41, 5.74) is 1.48. The van der Waals surface area contributed by atoms with Crippen LogP contribution in [0.5, 0.6) is 0 Å². The summed E-state index contributed by atoms with van der Waals surface area (Å²) in [5.74, 6) is -1.25. The lowest BCUT2D eigenvalue weighted by Crippen LogP contribution is -2.12. The number of amides is 2. The molecule has 1 rings (SSSR count). The number of allylic oxidation sites excluding steroid dienone is 2. The van der Waals surface area contributed by atoms with Crippen LogP contribution in [0.25, 0.3) is 0 Å². The Morgan fingerprint density at radius 2 is 1.45 bits per heavy atom. The van der Waals surface area contributed by atoms with Gasteiger partial charge in [-0.1, -0.05) is 11.6 Å². The second kappa shape index (κ2) is 7.51. The second-order valence-electron chi connectivity index (χ2n) is 4.70. The van der Waals surface area contributed by atoms with E-state index in [-0.39, 0.29) is 16.5 Å². The Bertz CT molecular complexity index is 600. The van der Waals surface area contributed by atoms with Crippen molar-refractivity contribution in [2.75, 3.05) is 10.6 Å². The van der Waals surface area contributed by atoms with Crippen molar-refractivity contribution in [3.8, 4) is 0 Å². The number of hydrogen-bond acceptors (Lipinski definition) is 4. The molecule has 22 heavy (non-hydrogen) atoms. The Morgan fingerprint density at radius 3 is 1.91 bits per heavy atom. The number of aliphatic hydroxyl groups is 2. The molecule has 0 unspecified atom stereocenters. The highest BCUT2D eigenvalue weighted by molar-refractivity contribution is 6.34. The first-order chi connectivity index (χ1) is 10.2. The zero-order valence-corrected chi connectivity index (χ0v) is 13.2. The maximum absolute atomic E-state index is 11.6. The van der Waals surface area contributed by atoms with Gasteiger partial charge in [0, 0.05) is 17.8 Å². The summed E-state index contributed by atoms with van der Waals surface area (Å²) >= 11 is 6.06. The third-order valence-corrected chi connectivity index (χ3v) is 2.82. The number of rotatable bonds is 4. The molecule has 0 saturated heterocycles. The van der Waals surface area contributed by atoms with Crippen LogP contribution in [0.2, 0.25) is 5.02 Å². The largest absolute Gasteiger partial charge is 0.512 e. The molecule has 0 aliphatic rings. The first kappa shape index (κ1) is 17.6. The molecular formula is C15H17ClN2O4. The first-order valence-electron chi connectivity index (χ1n) is 6.35. The fourth-order valence-corrected chi connectivity index (χ4v) is 1.84. The molecule has 0 fully saturated rings. The summed E-state index contributed by atoms with van der Waals surface area (Å²) in [6, 6.07) is 3.08. The minimum Gasteiger partial charge on any atom is -0.512 e. The normalized spacial score (nSPS) is 12.0. The van der Waals surface area contributed by atoms with E-state index in [1.54, 1.807) is 13.0 Å². The van der Waals surface area contributed by atoms with E-state index >= 15 is 0 Å². The van der Waals surface area contributed by atoms with E-state index in [0.717, 1.165) is 12.2 Å². The summed E-state index contributed by atoms with van der Waals surface area (Å²) in [6.07, 6.45) is 2.06. The molecule has 0 radical (unpaired) electrons. The molecule has 0 saturated carbocycles. The lowest BCUT2D eigenvalue weighted by Gasteiger charge is -2.12. The van der Waals surface area contributed by atoms with Crippen molar-refractivity contribution in [1.29, 1.82) is 0 Å². The predicted octanol–water partition coefficient (Wildman–Crippen LogP) is 3.45. The minimum absolute atomic E-state index is 0.115. The van der Waals surface area contributed by atoms with Crippen molar-refractivity contribution >= 4 is 34.8 Å². The summed E-state index contributed by atoms with van der Waals surface area (Å²) in [6.45, 7) is 4.49. The quantitative estimate of drug-likeness (QED) is 0.503. The summed E-state index contributed by atoms with van der Waals surface area (Å²) in [5, 5.41) is 23.4. The molecule has 0 aromatic heterocycles. The van der Waals surface area contributed by atoms with Crippen molar-refractivity contribution in [2.45, 2.75) is 20.8 Å². The fraction of sp³-hybridized carbons (Fsp3) is 0.200. The van der Waals surface area contributed by atoms with Gasteiger partial charge in [-0.3, -0.25) is 9.59 Å². The number of carbonyl (C=O) groups excluding carboxylic acids is 2. The molecule has 6 nitrogen and oxygen atoms in total. The number of anilines is 2. The third kappa shape index (κ3) is 5.49. The van der Waals surface area contributed by atoms with Crippen LogP contribution in [0, 0.1) is 6.92 Å². The summed E-state index contributed by atoms with van der Waals surface area (Å²) in [4.78, 5) is 23.1. The van der Waals surface area contributed by atoms with Gasteiger partial charge >= 0.3 is 0 Å². The second-order valence-corrected chi connectivity index (χ2v) is 5.10. The Labute approximate surface area is 133 Å². The van der Waals surface area contributed by atoms with Gasteiger partial charge in [0.1, 0.15) is 0 Å². The fourth-order valence-electron chi connectivity index (χ4n) is 1.63. The molecule has 0 aliphatic heterocycles. The number of benzene rings is 1. The monoisotopic (exact) mass is 324 g/mol. The Balaban J connectivity index is 2.97. The number of aliphatic hydroxyl groups excluding tert-OH is 2. The Hall–Kier alpha value is -2.47. The van der Waals surface area contributed by atoms with E-state index in [2.05, 4.69) is 10.6 Å². The van der Waals surface area contributed by atoms with Crippen molar-refractivity contribution in [3.05, 3.63) is 46.4 Å². The van der Waals surface area contributed by atoms with Crippen LogP contribution >= 0.6 is 11.6 Å². The molecule has 0 bridgehead atoms. The highest BCUT2D eigenvalue weighted by Gasteiger charge is 2.10. The van der Waals surface area contributed by atoms with Crippen LogP contribution in [0.4, 0.5) is 11.4 Å². The van der Waals surface area contributed by atoms with Gasteiger partial charge in [0.25, 0.3) is 11.8 Å². The number of aryl methyl sites for hydroxylation is 1. The number of halogens is 1. The molecule has 4 N–H and O–H groups in total. The van der Waals surface area contributed by atoms with Gasteiger partial charge in [-0.05, 0) is 38.5 Å². The molecule has 118 valence electrons. The third-order valence-electron chi connectivity index (χ3n) is 2.51. The van der Waals surface area contributed by atoms with Crippen LogP contribution in [0.3, 0.4) is 0 Å². The van der Waals surface area contributed by atoms with Crippen LogP contribution in [-0.4, -0.2) is 22.0 Å². The van der Waals surface area contributed by atoms with Crippen LogP contribution in [0.15, 0.2) is 35.8 Å². The van der Waals surface area contributed by atoms with E-state index in [9.17, 15) is 9.59 Å². The zero-order chi connectivity index (χ0) is 16.9. The first-order valence-corrected chi connectivity index (χ1v) is 6.73. The van der Waals surface area contributed by atoms with Gasteiger partial charge in [0.05, 0.1) is 22.2 Å². The maximum atomic E-state index is 11.6. The van der Waals surface area contributed by atoms with E-state index < -0.39 is 11.8 Å². The molecule has 1 aromatic carbocycles. The summed E-state index contributed by atoms with van der Waals surface area (Å²) in [7, 11) is 0. The topological polar surface area (TPSA) is 98.7 Å². The smallest absolute Gasteiger partial charge is 0.251 e. The van der Waals surface area contributed by atoms with E-state index in [1.807, 2.05) is 0 Å². The summed E-state index contributed by atoms with van der Waals surface area (Å²) < 4.78 is 0. The molecular weight excluding hydrogens is 308 g/mol. The van der Waals surface area contributed by atoms with Crippen LogP contribution in [-0.2, 0) is 9.59 Å². The molecule has 2 amide bonds. The Kier molecular flexibility index (Phi) is 6.00. The van der Waals surface area contributed by atoms with E-state index in [1.165, 1.54) is 19.9 Å². The maximum Gasteiger partial charge on any atom is 0.251 e. The van der Waals surface area contributed by atoms with Crippen LogP contribution in [0.1, 0.15) is 19.4 Å². The standard InChI is InChI=1S/C15H17ClN2O4/c1-8-4-13(18-15(22)6-10(3)20)11(16)7-12(8)17-14(21)5-9(2)19/h4-7,19-20H,1-3H3,(H,17,21)(H,18,22)/b9-5+,10-6-. The van der Waals surface area contributed by atoms with Gasteiger partial charge in [-0.25, -0.2) is 0 Å². The van der Waals surface area contributed by atoms with Crippen LogP contribution < -0.4 is 10.6 Å². The number of nitrogens with one attached hydrogen (secondary N) is 2. The van der Waals surface area contributed by atoms with Crippen molar-refractivity contribution in [3.63, 3.8) is 0 Å². The molecule has 0 heterocycles. The Morgan fingerprint density at radius 1 is 1.00 bits per heavy atom. The number of carbonyl (C=O) groups is 2. The lowest BCUT2D eigenvalue weighted by molar-refractivity contribution is -0.112.